The summed E-state index contributed by atoms with van der Waals surface area (Å²) in [6.07, 6.45) is 73.6. The molecule has 7 atom stereocenters. The van der Waals surface area contributed by atoms with E-state index >= 15 is 0 Å². The van der Waals surface area contributed by atoms with E-state index in [9.17, 15) is 30.3 Å². The van der Waals surface area contributed by atoms with E-state index in [0.29, 0.717) is 12.8 Å². The average molecular weight is 1080 g/mol. The quantitative estimate of drug-likeness (QED) is 0.0261. The Morgan fingerprint density at radius 2 is 0.805 bits per heavy atom. The molecule has 9 heteroatoms. The third-order valence-electron chi connectivity index (χ3n) is 15.0. The van der Waals surface area contributed by atoms with Gasteiger partial charge in [-0.3, -0.25) is 4.79 Å². The lowest BCUT2D eigenvalue weighted by atomic mass is 9.99. The Kier molecular flexibility index (Phi) is 53.2. The molecule has 0 aromatic heterocycles. The molecule has 1 amide bonds. The molecule has 7 unspecified atom stereocenters. The fraction of sp³-hybridized carbons (Fsp3) is 0.779. The van der Waals surface area contributed by atoms with E-state index < -0.39 is 49.5 Å². The van der Waals surface area contributed by atoms with Crippen LogP contribution in [0.25, 0.3) is 0 Å². The summed E-state index contributed by atoms with van der Waals surface area (Å²) in [5.41, 5.74) is 0. The molecule has 1 aliphatic heterocycles. The maximum Gasteiger partial charge on any atom is 0.220 e. The molecule has 0 spiro atoms. The third-order valence-corrected chi connectivity index (χ3v) is 15.0. The maximum absolute atomic E-state index is 13.1. The number of nitrogens with one attached hydrogen (secondary N) is 1. The predicted molar refractivity (Wildman–Crippen MR) is 327 cm³/mol. The zero-order valence-corrected chi connectivity index (χ0v) is 49.7. The summed E-state index contributed by atoms with van der Waals surface area (Å²) < 4.78 is 11.3. The van der Waals surface area contributed by atoms with Crippen molar-refractivity contribution in [3.63, 3.8) is 0 Å². The fourth-order valence-electron chi connectivity index (χ4n) is 9.97. The summed E-state index contributed by atoms with van der Waals surface area (Å²) >= 11 is 0. The molecule has 0 saturated carbocycles. The van der Waals surface area contributed by atoms with E-state index in [2.05, 4.69) is 104 Å². The molecule has 0 radical (unpaired) electrons. The van der Waals surface area contributed by atoms with E-state index in [-0.39, 0.29) is 12.5 Å². The zero-order valence-electron chi connectivity index (χ0n) is 49.7. The van der Waals surface area contributed by atoms with Gasteiger partial charge in [-0.25, -0.2) is 0 Å². The lowest BCUT2D eigenvalue weighted by Crippen LogP contribution is -2.60. The third kappa shape index (κ3) is 45.8. The molecule has 9 nitrogen and oxygen atoms in total. The molecular weight excluding hydrogens is 959 g/mol. The SMILES string of the molecule is CC/C=C\C/C=C\C/C=C\C/C=C\C/C=C\C/C=C\C/C=C\CCCCCCCCCCCCCCCCCCCCCC(=O)NC(COC1OC(CO)C(O)C(O)C1O)C(O)CCCCCCCCCCCCCCC. The van der Waals surface area contributed by atoms with Crippen molar-refractivity contribution in [1.82, 2.24) is 5.32 Å². The predicted octanol–water partition coefficient (Wildman–Crippen LogP) is 17.0. The van der Waals surface area contributed by atoms with Crippen molar-refractivity contribution < 1.29 is 39.8 Å². The summed E-state index contributed by atoms with van der Waals surface area (Å²) in [5.74, 6) is -0.143. The van der Waals surface area contributed by atoms with Crippen LogP contribution in [0.15, 0.2) is 85.1 Å². The Labute approximate surface area is 473 Å². The first kappa shape index (κ1) is 72.4. The van der Waals surface area contributed by atoms with Gasteiger partial charge in [-0.2, -0.15) is 0 Å². The Morgan fingerprint density at radius 1 is 0.455 bits per heavy atom. The molecule has 6 N–H and O–H groups in total. The molecule has 0 aromatic rings. The molecule has 1 fully saturated rings. The number of rotatable bonds is 55. The highest BCUT2D eigenvalue weighted by molar-refractivity contribution is 5.76. The van der Waals surface area contributed by atoms with Crippen LogP contribution in [0.3, 0.4) is 0 Å². The van der Waals surface area contributed by atoms with Gasteiger partial charge in [-0.15, -0.1) is 0 Å². The van der Waals surface area contributed by atoms with Crippen LogP contribution in [-0.4, -0.2) is 87.5 Å². The van der Waals surface area contributed by atoms with Crippen LogP contribution in [0, 0.1) is 0 Å². The molecule has 1 heterocycles. The van der Waals surface area contributed by atoms with E-state index in [4.69, 9.17) is 9.47 Å². The number of aliphatic hydroxyl groups excluding tert-OH is 5. The Balaban J connectivity index is 2.04. The number of hydrogen-bond donors (Lipinski definition) is 6. The zero-order chi connectivity index (χ0) is 55.8. The summed E-state index contributed by atoms with van der Waals surface area (Å²) in [6, 6.07) is -0.720. The Bertz CT molecular complexity index is 1490. The highest BCUT2D eigenvalue weighted by Gasteiger charge is 2.44. The number of allylic oxidation sites excluding steroid dienone is 14. The minimum absolute atomic E-state index is 0.137. The second-order valence-electron chi connectivity index (χ2n) is 22.2. The molecule has 0 aromatic carbocycles. The number of amides is 1. The van der Waals surface area contributed by atoms with Crippen molar-refractivity contribution in [2.45, 2.75) is 326 Å². The van der Waals surface area contributed by atoms with Gasteiger partial charge in [0.25, 0.3) is 0 Å². The van der Waals surface area contributed by atoms with Gasteiger partial charge in [0.1, 0.15) is 24.4 Å². The van der Waals surface area contributed by atoms with Crippen LogP contribution in [-0.2, 0) is 14.3 Å². The molecule has 0 bridgehead atoms. The normalized spacial score (nSPS) is 19.3. The lowest BCUT2D eigenvalue weighted by molar-refractivity contribution is -0.302. The number of aliphatic hydroxyl groups is 5. The smallest absolute Gasteiger partial charge is 0.220 e. The number of unbranched alkanes of at least 4 members (excludes halogenated alkanes) is 31. The summed E-state index contributed by atoms with van der Waals surface area (Å²) in [7, 11) is 0. The van der Waals surface area contributed by atoms with E-state index in [1.165, 1.54) is 173 Å². The fourth-order valence-corrected chi connectivity index (χ4v) is 9.97. The van der Waals surface area contributed by atoms with Gasteiger partial charge >= 0.3 is 0 Å². The van der Waals surface area contributed by atoms with Crippen molar-refractivity contribution >= 4 is 5.91 Å². The minimum atomic E-state index is -1.55. The van der Waals surface area contributed by atoms with Crippen molar-refractivity contribution in [2.24, 2.45) is 0 Å². The Morgan fingerprint density at radius 3 is 1.19 bits per heavy atom. The van der Waals surface area contributed by atoms with Crippen LogP contribution < -0.4 is 5.32 Å². The monoisotopic (exact) mass is 1080 g/mol. The van der Waals surface area contributed by atoms with Crippen LogP contribution in [0.2, 0.25) is 0 Å². The molecule has 1 saturated heterocycles. The summed E-state index contributed by atoms with van der Waals surface area (Å²) in [5, 5.41) is 54.6. The van der Waals surface area contributed by atoms with Crippen molar-refractivity contribution in [1.29, 1.82) is 0 Å². The van der Waals surface area contributed by atoms with Gasteiger partial charge in [0.05, 0.1) is 25.4 Å². The molecule has 1 aliphatic rings. The highest BCUT2D eigenvalue weighted by atomic mass is 16.7. The maximum atomic E-state index is 13.1. The first-order valence-electron chi connectivity index (χ1n) is 32.3. The number of carbonyl (C=O) groups excluding carboxylic acids is 1. The lowest BCUT2D eigenvalue weighted by Gasteiger charge is -2.40. The molecule has 446 valence electrons. The first-order valence-corrected chi connectivity index (χ1v) is 32.3. The minimum Gasteiger partial charge on any atom is -0.394 e. The second-order valence-corrected chi connectivity index (χ2v) is 22.2. The summed E-state index contributed by atoms with van der Waals surface area (Å²) in [6.45, 7) is 3.73. The van der Waals surface area contributed by atoms with Gasteiger partial charge in [-0.1, -0.05) is 292 Å². The van der Waals surface area contributed by atoms with Crippen LogP contribution in [0.5, 0.6) is 0 Å². The van der Waals surface area contributed by atoms with Crippen molar-refractivity contribution in [3.05, 3.63) is 85.1 Å². The Hall–Kier alpha value is -2.63. The number of ether oxygens (including phenoxy) is 2. The van der Waals surface area contributed by atoms with Crippen LogP contribution >= 0.6 is 0 Å². The summed E-state index contributed by atoms with van der Waals surface area (Å²) in [4.78, 5) is 13.1. The molecule has 0 aliphatic carbocycles. The number of hydrogen-bond acceptors (Lipinski definition) is 8. The molecule has 77 heavy (non-hydrogen) atoms. The van der Waals surface area contributed by atoms with E-state index in [1.807, 2.05) is 0 Å². The van der Waals surface area contributed by atoms with Crippen molar-refractivity contribution in [2.75, 3.05) is 13.2 Å². The first-order chi connectivity index (χ1) is 37.8. The van der Waals surface area contributed by atoms with Gasteiger partial charge in [0, 0.05) is 6.42 Å². The average Bonchev–Trinajstić information content (AvgIpc) is 3.43. The van der Waals surface area contributed by atoms with E-state index in [1.54, 1.807) is 0 Å². The number of carbonyl (C=O) groups is 1. The largest absolute Gasteiger partial charge is 0.394 e. The second kappa shape index (κ2) is 56.6. The van der Waals surface area contributed by atoms with Crippen LogP contribution in [0.4, 0.5) is 0 Å². The van der Waals surface area contributed by atoms with Gasteiger partial charge < -0.3 is 40.3 Å². The standard InChI is InChI=1S/C68H121NO8/c1-3-5-7-9-11-13-15-17-18-19-20-21-22-23-24-25-26-27-28-29-30-31-32-33-34-35-36-37-38-39-40-41-42-43-44-46-48-50-52-54-56-58-64(72)69-61(60-76-68-67(75)66(74)65(73)63(59-70)77-68)62(71)57-55-53-51-49-47-45-16-14-12-10-8-6-4-2/h5,7,11,13,17-18,20-21,23-24,26-27,29-30,61-63,65-68,70-71,73-75H,3-4,6,8-10,12,14-16,19,22,25,28,31-60H2,1-2H3,(H,69,72)/b7-5-,13-11-,18-17-,21-20-,24-23-,27-26-,30-29-. The van der Waals surface area contributed by atoms with E-state index in [0.717, 1.165) is 83.5 Å². The van der Waals surface area contributed by atoms with Gasteiger partial charge in [-0.05, 0) is 70.6 Å². The van der Waals surface area contributed by atoms with Crippen molar-refractivity contribution in [3.8, 4) is 0 Å². The van der Waals surface area contributed by atoms with Gasteiger partial charge in [0.15, 0.2) is 6.29 Å². The highest BCUT2D eigenvalue weighted by Crippen LogP contribution is 2.23. The van der Waals surface area contributed by atoms with Gasteiger partial charge in [0.2, 0.25) is 5.91 Å². The molecule has 1 rings (SSSR count). The molecular formula is C68H121NO8. The van der Waals surface area contributed by atoms with Crippen LogP contribution in [0.1, 0.15) is 284 Å². The topological polar surface area (TPSA) is 149 Å².